The Bertz CT molecular complexity index is 393. The van der Waals surface area contributed by atoms with Gasteiger partial charge in [-0.25, -0.2) is 0 Å². The van der Waals surface area contributed by atoms with Gasteiger partial charge in [0.05, 0.1) is 0 Å². The van der Waals surface area contributed by atoms with Crippen molar-refractivity contribution >= 4 is 23.6 Å². The summed E-state index contributed by atoms with van der Waals surface area (Å²) in [5.74, 6) is 1.07. The molecule has 1 aliphatic heterocycles. The predicted octanol–water partition coefficient (Wildman–Crippen LogP) is 2.18. The van der Waals surface area contributed by atoms with Crippen LogP contribution in [0.1, 0.15) is 52.4 Å². The van der Waals surface area contributed by atoms with E-state index in [1.54, 1.807) is 11.8 Å². The van der Waals surface area contributed by atoms with Gasteiger partial charge in [-0.15, -0.1) is 0 Å². The van der Waals surface area contributed by atoms with Gasteiger partial charge in [0.2, 0.25) is 11.8 Å². The number of nitrogens with one attached hydrogen (secondary N) is 1. The molecular formula is C15H26N2O2S. The molecule has 1 heterocycles. The average Bonchev–Trinajstić information content (AvgIpc) is 2.46. The predicted molar refractivity (Wildman–Crippen MR) is 82.7 cm³/mol. The third kappa shape index (κ3) is 2.45. The van der Waals surface area contributed by atoms with Gasteiger partial charge in [0.15, 0.2) is 0 Å². The van der Waals surface area contributed by atoms with Crippen LogP contribution >= 0.6 is 11.8 Å². The quantitative estimate of drug-likeness (QED) is 0.865. The van der Waals surface area contributed by atoms with Gasteiger partial charge < -0.3 is 10.2 Å². The van der Waals surface area contributed by atoms with Crippen LogP contribution in [0.25, 0.3) is 0 Å². The van der Waals surface area contributed by atoms with E-state index in [2.05, 4.69) is 5.32 Å². The number of rotatable bonds is 4. The maximum absolute atomic E-state index is 12.9. The minimum Gasteiger partial charge on any atom is -0.340 e. The lowest BCUT2D eigenvalue weighted by atomic mass is 9.75. The topological polar surface area (TPSA) is 49.4 Å². The summed E-state index contributed by atoms with van der Waals surface area (Å²) < 4.78 is 0. The highest BCUT2D eigenvalue weighted by Crippen LogP contribution is 2.39. The van der Waals surface area contributed by atoms with E-state index in [0.29, 0.717) is 13.0 Å². The lowest BCUT2D eigenvalue weighted by molar-refractivity contribution is -0.164. The minimum atomic E-state index is -0.724. The lowest BCUT2D eigenvalue weighted by Gasteiger charge is -2.53. The Kier molecular flexibility index (Phi) is 4.67. The Balaban J connectivity index is 2.34. The number of carbonyl (C=O) groups excluding carboxylic acids is 2. The number of nitrogens with zero attached hydrogens (tertiary/aromatic N) is 1. The molecule has 0 aromatic carbocycles. The highest BCUT2D eigenvalue weighted by molar-refractivity contribution is 7.98. The maximum atomic E-state index is 12.9. The monoisotopic (exact) mass is 298 g/mol. The van der Waals surface area contributed by atoms with Gasteiger partial charge in [0.25, 0.3) is 0 Å². The molecule has 20 heavy (non-hydrogen) atoms. The molecule has 1 unspecified atom stereocenters. The van der Waals surface area contributed by atoms with Crippen LogP contribution in [0, 0.1) is 0 Å². The lowest BCUT2D eigenvalue weighted by Crippen LogP contribution is -2.75. The molecule has 1 spiro atoms. The summed E-state index contributed by atoms with van der Waals surface area (Å²) in [4.78, 5) is 27.6. The minimum absolute atomic E-state index is 0.0715. The van der Waals surface area contributed by atoms with Gasteiger partial charge in [-0.05, 0) is 32.4 Å². The Morgan fingerprint density at radius 3 is 2.45 bits per heavy atom. The van der Waals surface area contributed by atoms with Crippen LogP contribution in [0.5, 0.6) is 0 Å². The van der Waals surface area contributed by atoms with Gasteiger partial charge in [-0.3, -0.25) is 9.59 Å². The molecule has 114 valence electrons. The van der Waals surface area contributed by atoms with Crippen LogP contribution < -0.4 is 5.32 Å². The van der Waals surface area contributed by atoms with Gasteiger partial charge in [0.1, 0.15) is 11.1 Å². The molecule has 2 amide bonds. The van der Waals surface area contributed by atoms with E-state index in [4.69, 9.17) is 0 Å². The fourth-order valence-corrected chi connectivity index (χ4v) is 3.77. The van der Waals surface area contributed by atoms with Crippen LogP contribution in [0.4, 0.5) is 0 Å². The first kappa shape index (κ1) is 15.7. The fraction of sp³-hybridized carbons (Fsp3) is 0.867. The normalized spacial score (nSPS) is 29.6. The molecule has 0 aromatic heterocycles. The number of carbonyl (C=O) groups is 2. The van der Waals surface area contributed by atoms with Gasteiger partial charge in [0, 0.05) is 12.3 Å². The van der Waals surface area contributed by atoms with Crippen molar-refractivity contribution < 1.29 is 9.59 Å². The Hall–Kier alpha value is -0.710. The van der Waals surface area contributed by atoms with E-state index in [9.17, 15) is 9.59 Å². The zero-order valence-electron chi connectivity index (χ0n) is 12.8. The van der Waals surface area contributed by atoms with Crippen molar-refractivity contribution in [2.45, 2.75) is 63.5 Å². The van der Waals surface area contributed by atoms with E-state index < -0.39 is 11.1 Å². The van der Waals surface area contributed by atoms with Gasteiger partial charge in [-0.2, -0.15) is 11.8 Å². The largest absolute Gasteiger partial charge is 0.340 e. The summed E-state index contributed by atoms with van der Waals surface area (Å²) in [6, 6.07) is 0. The molecule has 1 saturated heterocycles. The second kappa shape index (κ2) is 5.96. The first-order valence-electron chi connectivity index (χ1n) is 7.64. The van der Waals surface area contributed by atoms with Crippen LogP contribution in [0.2, 0.25) is 0 Å². The summed E-state index contributed by atoms with van der Waals surface area (Å²) >= 11 is 1.73. The Morgan fingerprint density at radius 2 is 1.90 bits per heavy atom. The molecule has 5 heteroatoms. The smallest absolute Gasteiger partial charge is 0.248 e. The fourth-order valence-electron chi connectivity index (χ4n) is 3.41. The van der Waals surface area contributed by atoms with E-state index in [1.165, 1.54) is 6.42 Å². The molecule has 2 aliphatic rings. The van der Waals surface area contributed by atoms with Gasteiger partial charge in [-0.1, -0.05) is 26.2 Å². The first-order valence-corrected chi connectivity index (χ1v) is 9.03. The molecule has 1 N–H and O–H groups in total. The molecule has 1 atom stereocenters. The molecule has 0 aromatic rings. The second-order valence-electron chi connectivity index (χ2n) is 6.18. The zero-order valence-corrected chi connectivity index (χ0v) is 13.6. The highest BCUT2D eigenvalue weighted by atomic mass is 32.2. The van der Waals surface area contributed by atoms with Crippen molar-refractivity contribution in [2.75, 3.05) is 18.6 Å². The Morgan fingerprint density at radius 1 is 1.25 bits per heavy atom. The van der Waals surface area contributed by atoms with E-state index in [1.807, 2.05) is 25.0 Å². The van der Waals surface area contributed by atoms with Crippen LogP contribution in [-0.4, -0.2) is 46.3 Å². The highest BCUT2D eigenvalue weighted by Gasteiger charge is 2.55. The molecule has 4 nitrogen and oxygen atoms in total. The summed E-state index contributed by atoms with van der Waals surface area (Å²) in [5, 5.41) is 3.02. The number of piperazine rings is 1. The third-order valence-electron chi connectivity index (χ3n) is 4.95. The van der Waals surface area contributed by atoms with Crippen molar-refractivity contribution in [2.24, 2.45) is 0 Å². The molecule has 1 saturated carbocycles. The third-order valence-corrected chi connectivity index (χ3v) is 5.54. The maximum Gasteiger partial charge on any atom is 0.248 e. The van der Waals surface area contributed by atoms with E-state index in [-0.39, 0.29) is 11.8 Å². The molecule has 2 rings (SSSR count). The van der Waals surface area contributed by atoms with Crippen LogP contribution in [0.15, 0.2) is 0 Å². The first-order chi connectivity index (χ1) is 9.50. The number of hydrogen-bond donors (Lipinski definition) is 1. The number of hydrogen-bond acceptors (Lipinski definition) is 3. The molecular weight excluding hydrogens is 272 g/mol. The van der Waals surface area contributed by atoms with Crippen LogP contribution in [-0.2, 0) is 9.59 Å². The molecule has 2 fully saturated rings. The van der Waals surface area contributed by atoms with Crippen molar-refractivity contribution in [3.63, 3.8) is 0 Å². The summed E-state index contributed by atoms with van der Waals surface area (Å²) in [6.45, 7) is 4.50. The average molecular weight is 298 g/mol. The SMILES string of the molecule is CCC1(C)NC(=O)C2(CCCCC2)N(CCSC)C1=O. The molecule has 0 radical (unpaired) electrons. The molecule has 1 aliphatic carbocycles. The van der Waals surface area contributed by atoms with Crippen molar-refractivity contribution in [3.8, 4) is 0 Å². The van der Waals surface area contributed by atoms with Crippen molar-refractivity contribution in [3.05, 3.63) is 0 Å². The van der Waals surface area contributed by atoms with Crippen molar-refractivity contribution in [1.29, 1.82) is 0 Å². The van der Waals surface area contributed by atoms with Crippen LogP contribution in [0.3, 0.4) is 0 Å². The summed E-state index contributed by atoms with van der Waals surface area (Å²) in [6.07, 6.45) is 7.57. The number of amides is 2. The van der Waals surface area contributed by atoms with E-state index in [0.717, 1.165) is 31.4 Å². The molecule has 0 bridgehead atoms. The van der Waals surface area contributed by atoms with E-state index >= 15 is 0 Å². The van der Waals surface area contributed by atoms with Gasteiger partial charge >= 0.3 is 0 Å². The van der Waals surface area contributed by atoms with Crippen molar-refractivity contribution in [1.82, 2.24) is 10.2 Å². The summed E-state index contributed by atoms with van der Waals surface area (Å²) in [5.41, 5.74) is -1.29. The Labute approximate surface area is 126 Å². The zero-order chi connectivity index (χ0) is 14.8. The second-order valence-corrected chi connectivity index (χ2v) is 7.17. The number of thioether (sulfide) groups is 1. The summed E-state index contributed by atoms with van der Waals surface area (Å²) in [7, 11) is 0. The standard InChI is InChI=1S/C15H26N2O2S/c1-4-14(2)13(19)17(10-11-20-3)15(12(18)16-14)8-6-5-7-9-15/h4-11H2,1-3H3,(H,16,18).